The average molecular weight is 426 g/mol. The molecule has 0 unspecified atom stereocenters. The van der Waals surface area contributed by atoms with E-state index in [9.17, 15) is 5.11 Å². The number of hydrogen-bond donors (Lipinski definition) is 2. The second kappa shape index (κ2) is 9.64. The lowest BCUT2D eigenvalue weighted by Crippen LogP contribution is -2.37. The van der Waals surface area contributed by atoms with E-state index in [4.69, 9.17) is 14.5 Å². The molecule has 0 spiro atoms. The van der Waals surface area contributed by atoms with Gasteiger partial charge in [0.25, 0.3) is 0 Å². The first kappa shape index (κ1) is 21.5. The lowest BCUT2D eigenvalue weighted by atomic mass is 10.1. The van der Waals surface area contributed by atoms with Gasteiger partial charge in [0.2, 0.25) is 0 Å². The first-order valence-electron chi connectivity index (χ1n) is 10.8. The molecular weight excluding hydrogens is 394 g/mol. The molecule has 2 aromatic heterocycles. The Balaban J connectivity index is 1.71. The van der Waals surface area contributed by atoms with Gasteiger partial charge in [-0.25, -0.2) is 4.98 Å². The van der Waals surface area contributed by atoms with Gasteiger partial charge >= 0.3 is 0 Å². The van der Waals surface area contributed by atoms with E-state index in [2.05, 4.69) is 35.2 Å². The number of fused-ring (bicyclic) bond motifs is 1. The maximum absolute atomic E-state index is 9.93. The van der Waals surface area contributed by atoms with Crippen LogP contribution in [0, 0.1) is 0 Å². The van der Waals surface area contributed by atoms with Crippen LogP contribution < -0.4 is 15.0 Å². The predicted molar refractivity (Wildman–Crippen MR) is 121 cm³/mol. The Morgan fingerprint density at radius 1 is 1.23 bits per heavy atom. The Bertz CT molecular complexity index is 1010. The van der Waals surface area contributed by atoms with Crippen molar-refractivity contribution in [2.75, 3.05) is 51.4 Å². The van der Waals surface area contributed by atoms with Crippen LogP contribution in [0.2, 0.25) is 0 Å². The predicted octanol–water partition coefficient (Wildman–Crippen LogP) is 2.32. The molecule has 1 aliphatic rings. The van der Waals surface area contributed by atoms with E-state index < -0.39 is 6.10 Å². The van der Waals surface area contributed by atoms with Crippen molar-refractivity contribution < 1.29 is 14.6 Å². The molecule has 3 heterocycles. The maximum atomic E-state index is 9.93. The minimum atomic E-state index is -0.559. The largest absolute Gasteiger partial charge is 0.491 e. The summed E-state index contributed by atoms with van der Waals surface area (Å²) in [5, 5.41) is 17.5. The smallest absolute Gasteiger partial charge is 0.161 e. The molecule has 3 aromatic rings. The zero-order valence-electron chi connectivity index (χ0n) is 18.4. The van der Waals surface area contributed by atoms with E-state index in [1.807, 2.05) is 35.0 Å². The number of aliphatic hydroxyl groups is 1. The van der Waals surface area contributed by atoms with Crippen LogP contribution in [0.3, 0.4) is 0 Å². The molecule has 8 heteroatoms. The van der Waals surface area contributed by atoms with Crippen molar-refractivity contribution in [2.24, 2.45) is 0 Å². The summed E-state index contributed by atoms with van der Waals surface area (Å²) in [6, 6.07) is 9.94. The topological polar surface area (TPSA) is 84.1 Å². The van der Waals surface area contributed by atoms with Gasteiger partial charge in [-0.3, -0.25) is 0 Å². The number of anilines is 1. The van der Waals surface area contributed by atoms with Crippen molar-refractivity contribution in [3.63, 3.8) is 0 Å². The number of aromatic nitrogens is 3. The molecule has 0 bridgehead atoms. The Labute approximate surface area is 182 Å². The van der Waals surface area contributed by atoms with Gasteiger partial charge in [0.15, 0.2) is 5.65 Å². The summed E-state index contributed by atoms with van der Waals surface area (Å²) in [4.78, 5) is 7.27. The molecule has 1 aromatic carbocycles. The van der Waals surface area contributed by atoms with E-state index in [1.54, 1.807) is 7.05 Å². The standard InChI is InChI=1S/C23H31N5O3/c1-16(2)20-14-25-28-22(27-7-9-30-10-8-27)12-21(26-23(20)28)17-5-4-6-19(11-17)31-15-18(29)13-24-3/h4-6,11-12,14,16,18,24,29H,7-10,13,15H2,1-3H3/t18-/m0/s1. The van der Waals surface area contributed by atoms with Crippen LogP contribution in [0.15, 0.2) is 36.5 Å². The van der Waals surface area contributed by atoms with Gasteiger partial charge in [0.05, 0.1) is 25.1 Å². The van der Waals surface area contributed by atoms with Gasteiger partial charge in [0, 0.05) is 36.8 Å². The number of nitrogens with one attached hydrogen (secondary N) is 1. The molecule has 0 aliphatic carbocycles. The number of rotatable bonds is 8. The quantitative estimate of drug-likeness (QED) is 0.573. The van der Waals surface area contributed by atoms with Crippen molar-refractivity contribution in [3.8, 4) is 17.0 Å². The van der Waals surface area contributed by atoms with Crippen molar-refractivity contribution in [1.29, 1.82) is 0 Å². The molecule has 1 aliphatic heterocycles. The van der Waals surface area contributed by atoms with Gasteiger partial charge in [-0.2, -0.15) is 9.61 Å². The number of nitrogens with zero attached hydrogens (tertiary/aromatic N) is 4. The van der Waals surface area contributed by atoms with Crippen molar-refractivity contribution >= 4 is 11.5 Å². The summed E-state index contributed by atoms with van der Waals surface area (Å²) in [5.74, 6) is 2.05. The highest BCUT2D eigenvalue weighted by Gasteiger charge is 2.20. The van der Waals surface area contributed by atoms with Crippen molar-refractivity contribution in [1.82, 2.24) is 19.9 Å². The van der Waals surface area contributed by atoms with Crippen LogP contribution in [0.25, 0.3) is 16.9 Å². The molecule has 0 radical (unpaired) electrons. The highest BCUT2D eigenvalue weighted by Crippen LogP contribution is 2.30. The molecular formula is C23H31N5O3. The van der Waals surface area contributed by atoms with E-state index in [0.717, 1.165) is 41.4 Å². The fourth-order valence-electron chi connectivity index (χ4n) is 3.77. The number of hydrogen-bond acceptors (Lipinski definition) is 7. The van der Waals surface area contributed by atoms with Crippen LogP contribution >= 0.6 is 0 Å². The number of benzene rings is 1. The summed E-state index contributed by atoms with van der Waals surface area (Å²) in [5.41, 5.74) is 3.84. The van der Waals surface area contributed by atoms with E-state index in [-0.39, 0.29) is 6.61 Å². The lowest BCUT2D eigenvalue weighted by Gasteiger charge is -2.29. The summed E-state index contributed by atoms with van der Waals surface area (Å²) >= 11 is 0. The van der Waals surface area contributed by atoms with Crippen molar-refractivity contribution in [3.05, 3.63) is 42.1 Å². The fraction of sp³-hybridized carbons (Fsp3) is 0.478. The molecule has 31 heavy (non-hydrogen) atoms. The number of ether oxygens (including phenoxy) is 2. The second-order valence-electron chi connectivity index (χ2n) is 8.14. The Kier molecular flexibility index (Phi) is 6.70. The molecule has 8 nitrogen and oxygen atoms in total. The van der Waals surface area contributed by atoms with Gasteiger partial charge in [-0.15, -0.1) is 0 Å². The molecule has 1 fully saturated rings. The summed E-state index contributed by atoms with van der Waals surface area (Å²) in [6.07, 6.45) is 1.36. The third-order valence-electron chi connectivity index (χ3n) is 5.45. The first-order valence-corrected chi connectivity index (χ1v) is 10.8. The first-order chi connectivity index (χ1) is 15.1. The van der Waals surface area contributed by atoms with Gasteiger partial charge in [-0.05, 0) is 25.1 Å². The molecule has 2 N–H and O–H groups in total. The van der Waals surface area contributed by atoms with Crippen LogP contribution in [-0.2, 0) is 4.74 Å². The normalized spacial score (nSPS) is 15.6. The molecule has 0 amide bonds. The Hall–Kier alpha value is -2.68. The van der Waals surface area contributed by atoms with Gasteiger partial charge in [0.1, 0.15) is 24.3 Å². The summed E-state index contributed by atoms with van der Waals surface area (Å²) in [7, 11) is 1.81. The number of likely N-dealkylation sites (N-methyl/N-ethyl adjacent to an activating group) is 1. The number of morpholine rings is 1. The summed E-state index contributed by atoms with van der Waals surface area (Å²) in [6.45, 7) is 8.08. The zero-order valence-corrected chi connectivity index (χ0v) is 18.4. The van der Waals surface area contributed by atoms with E-state index >= 15 is 0 Å². The van der Waals surface area contributed by atoms with Gasteiger partial charge in [-0.1, -0.05) is 26.0 Å². The van der Waals surface area contributed by atoms with Crippen LogP contribution in [0.5, 0.6) is 5.75 Å². The maximum Gasteiger partial charge on any atom is 0.161 e. The molecule has 1 saturated heterocycles. The third kappa shape index (κ3) is 4.81. The average Bonchev–Trinajstić information content (AvgIpc) is 3.22. The molecule has 0 saturated carbocycles. The van der Waals surface area contributed by atoms with Crippen LogP contribution in [0.4, 0.5) is 5.82 Å². The monoisotopic (exact) mass is 425 g/mol. The highest BCUT2D eigenvalue weighted by atomic mass is 16.5. The highest BCUT2D eigenvalue weighted by molar-refractivity contribution is 5.69. The van der Waals surface area contributed by atoms with E-state index in [1.165, 1.54) is 0 Å². The second-order valence-corrected chi connectivity index (χ2v) is 8.14. The number of aliphatic hydroxyl groups excluding tert-OH is 1. The third-order valence-corrected chi connectivity index (χ3v) is 5.45. The Morgan fingerprint density at radius 3 is 2.77 bits per heavy atom. The fourth-order valence-corrected chi connectivity index (χ4v) is 3.77. The molecule has 166 valence electrons. The Morgan fingerprint density at radius 2 is 2.03 bits per heavy atom. The molecule has 1 atom stereocenters. The molecule has 4 rings (SSSR count). The SMILES string of the molecule is CNC[C@H](O)COc1cccc(-c2cc(N3CCOCC3)n3ncc(C(C)C)c3n2)c1. The minimum absolute atomic E-state index is 0.232. The van der Waals surface area contributed by atoms with Gasteiger partial charge < -0.3 is 24.8 Å². The van der Waals surface area contributed by atoms with Crippen molar-refractivity contribution in [2.45, 2.75) is 25.9 Å². The zero-order chi connectivity index (χ0) is 21.8. The minimum Gasteiger partial charge on any atom is -0.491 e. The van der Waals surface area contributed by atoms with E-state index in [0.29, 0.717) is 31.4 Å². The summed E-state index contributed by atoms with van der Waals surface area (Å²) < 4.78 is 13.3. The van der Waals surface area contributed by atoms with Crippen LogP contribution in [0.1, 0.15) is 25.3 Å². The van der Waals surface area contributed by atoms with Crippen LogP contribution in [-0.4, -0.2) is 72.3 Å². The lowest BCUT2D eigenvalue weighted by molar-refractivity contribution is 0.108.